The van der Waals surface area contributed by atoms with Gasteiger partial charge in [0.1, 0.15) is 6.61 Å². The molecule has 0 spiro atoms. The first-order chi connectivity index (χ1) is 16.8. The number of non-ortho nitro benzene ring substituents is 1. The topological polar surface area (TPSA) is 100 Å². The van der Waals surface area contributed by atoms with Crippen molar-refractivity contribution in [3.05, 3.63) is 101 Å². The molecule has 35 heavy (non-hydrogen) atoms. The maximum Gasteiger partial charge on any atom is 0.363 e. The van der Waals surface area contributed by atoms with Crippen molar-refractivity contribution >= 4 is 62.2 Å². The standard InChI is InChI=1S/C25H18BrIN2O6/c1-2-33-22-13-16(12-21-25(30)35-24(28-21)17-5-7-18(26)8-6-17)11-20(27)23(22)34-14-15-3-9-19(10-4-15)29(31)32/h3-13H,2,14H2,1H3/b21-12-. The van der Waals surface area contributed by atoms with E-state index >= 15 is 0 Å². The molecule has 0 saturated carbocycles. The second-order valence-electron chi connectivity index (χ2n) is 7.32. The lowest BCUT2D eigenvalue weighted by Gasteiger charge is -2.15. The molecule has 0 amide bonds. The van der Waals surface area contributed by atoms with E-state index in [0.717, 1.165) is 13.6 Å². The Labute approximate surface area is 223 Å². The van der Waals surface area contributed by atoms with E-state index in [-0.39, 0.29) is 23.9 Å². The van der Waals surface area contributed by atoms with E-state index in [4.69, 9.17) is 14.2 Å². The summed E-state index contributed by atoms with van der Waals surface area (Å²) in [5, 5.41) is 10.8. The van der Waals surface area contributed by atoms with E-state index in [1.165, 1.54) is 12.1 Å². The summed E-state index contributed by atoms with van der Waals surface area (Å²) in [7, 11) is 0. The van der Waals surface area contributed by atoms with E-state index in [1.54, 1.807) is 24.3 Å². The number of nitro benzene ring substituents is 1. The van der Waals surface area contributed by atoms with Crippen LogP contribution in [-0.4, -0.2) is 23.4 Å². The third-order valence-corrected chi connectivity index (χ3v) is 6.21. The minimum atomic E-state index is -0.533. The van der Waals surface area contributed by atoms with Crippen LogP contribution < -0.4 is 9.47 Å². The number of hydrogen-bond donors (Lipinski definition) is 0. The zero-order valence-electron chi connectivity index (χ0n) is 18.4. The number of halogens is 2. The minimum absolute atomic E-state index is 0.0205. The van der Waals surface area contributed by atoms with Crippen molar-refractivity contribution in [2.45, 2.75) is 13.5 Å². The number of hydrogen-bond acceptors (Lipinski definition) is 7. The highest BCUT2D eigenvalue weighted by Gasteiger charge is 2.24. The zero-order chi connectivity index (χ0) is 24.9. The van der Waals surface area contributed by atoms with Crippen molar-refractivity contribution in [1.29, 1.82) is 0 Å². The fourth-order valence-electron chi connectivity index (χ4n) is 3.23. The molecule has 0 radical (unpaired) electrons. The number of nitro groups is 1. The van der Waals surface area contributed by atoms with Crippen LogP contribution in [0.25, 0.3) is 6.08 Å². The molecule has 1 heterocycles. The number of benzene rings is 3. The molecule has 0 fully saturated rings. The first-order valence-electron chi connectivity index (χ1n) is 10.4. The highest BCUT2D eigenvalue weighted by Crippen LogP contribution is 2.36. The second-order valence-corrected chi connectivity index (χ2v) is 9.40. The van der Waals surface area contributed by atoms with Crippen LogP contribution in [-0.2, 0) is 16.1 Å². The monoisotopic (exact) mass is 648 g/mol. The maximum absolute atomic E-state index is 12.4. The molecule has 10 heteroatoms. The predicted octanol–water partition coefficient (Wildman–Crippen LogP) is 6.28. The van der Waals surface area contributed by atoms with Crippen molar-refractivity contribution < 1.29 is 23.9 Å². The number of carbonyl (C=O) groups excluding carboxylic acids is 1. The van der Waals surface area contributed by atoms with Gasteiger partial charge in [0.2, 0.25) is 5.90 Å². The summed E-state index contributed by atoms with van der Waals surface area (Å²) in [6.07, 6.45) is 1.64. The lowest BCUT2D eigenvalue weighted by molar-refractivity contribution is -0.384. The summed E-state index contributed by atoms with van der Waals surface area (Å²) >= 11 is 5.52. The van der Waals surface area contributed by atoms with Crippen molar-refractivity contribution in [2.75, 3.05) is 6.61 Å². The highest BCUT2D eigenvalue weighted by atomic mass is 127. The molecule has 8 nitrogen and oxygen atoms in total. The Bertz CT molecular complexity index is 1340. The summed E-state index contributed by atoms with van der Waals surface area (Å²) in [5.41, 5.74) is 2.38. The van der Waals surface area contributed by atoms with Crippen molar-refractivity contribution in [1.82, 2.24) is 0 Å². The van der Waals surface area contributed by atoms with Gasteiger partial charge in [0, 0.05) is 22.2 Å². The number of ether oxygens (including phenoxy) is 3. The van der Waals surface area contributed by atoms with Gasteiger partial charge in [-0.3, -0.25) is 10.1 Å². The van der Waals surface area contributed by atoms with Crippen LogP contribution in [0.5, 0.6) is 11.5 Å². The molecule has 0 unspecified atom stereocenters. The molecule has 0 atom stereocenters. The smallest absolute Gasteiger partial charge is 0.363 e. The molecule has 4 rings (SSSR count). The van der Waals surface area contributed by atoms with Gasteiger partial charge < -0.3 is 14.2 Å². The van der Waals surface area contributed by atoms with E-state index < -0.39 is 10.9 Å². The zero-order valence-corrected chi connectivity index (χ0v) is 22.1. The van der Waals surface area contributed by atoms with Gasteiger partial charge in [0.05, 0.1) is 15.1 Å². The third-order valence-electron chi connectivity index (χ3n) is 4.88. The van der Waals surface area contributed by atoms with Crippen LogP contribution in [0.15, 0.2) is 75.8 Å². The first kappa shape index (κ1) is 24.9. The second kappa shape index (κ2) is 11.0. The molecule has 1 aliphatic rings. The maximum atomic E-state index is 12.4. The van der Waals surface area contributed by atoms with Gasteiger partial charge in [-0.05, 0) is 95.2 Å². The van der Waals surface area contributed by atoms with Crippen LogP contribution in [0, 0.1) is 13.7 Å². The Hall–Kier alpha value is -3.25. The summed E-state index contributed by atoms with van der Waals surface area (Å²) in [4.78, 5) is 27.2. The fourth-order valence-corrected chi connectivity index (χ4v) is 4.27. The number of nitrogens with zero attached hydrogens (tertiary/aromatic N) is 2. The minimum Gasteiger partial charge on any atom is -0.490 e. The summed E-state index contributed by atoms with van der Waals surface area (Å²) in [6.45, 7) is 2.49. The molecule has 0 bridgehead atoms. The number of cyclic esters (lactones) is 1. The van der Waals surface area contributed by atoms with Gasteiger partial charge >= 0.3 is 5.97 Å². The molecule has 1 aliphatic heterocycles. The highest BCUT2D eigenvalue weighted by molar-refractivity contribution is 14.1. The van der Waals surface area contributed by atoms with Crippen LogP contribution in [0.3, 0.4) is 0 Å². The Morgan fingerprint density at radius 2 is 1.83 bits per heavy atom. The number of aliphatic imine (C=N–C) groups is 1. The molecule has 3 aromatic rings. The van der Waals surface area contributed by atoms with Gasteiger partial charge in [0.25, 0.3) is 5.69 Å². The molecule has 0 aliphatic carbocycles. The molecule has 0 aromatic heterocycles. The average Bonchev–Trinajstić information content (AvgIpc) is 3.19. The van der Waals surface area contributed by atoms with Crippen molar-refractivity contribution in [3.8, 4) is 11.5 Å². The van der Waals surface area contributed by atoms with Gasteiger partial charge in [-0.1, -0.05) is 15.9 Å². The number of esters is 1. The van der Waals surface area contributed by atoms with Crippen molar-refractivity contribution in [3.63, 3.8) is 0 Å². The van der Waals surface area contributed by atoms with Gasteiger partial charge in [-0.25, -0.2) is 9.79 Å². The van der Waals surface area contributed by atoms with E-state index in [1.807, 2.05) is 37.3 Å². The van der Waals surface area contributed by atoms with Crippen molar-refractivity contribution in [2.24, 2.45) is 4.99 Å². The predicted molar refractivity (Wildman–Crippen MR) is 143 cm³/mol. The van der Waals surface area contributed by atoms with Crippen LogP contribution in [0.2, 0.25) is 0 Å². The molecule has 0 saturated heterocycles. The molecule has 178 valence electrons. The van der Waals surface area contributed by atoms with Gasteiger partial charge in [-0.15, -0.1) is 0 Å². The van der Waals surface area contributed by atoms with E-state index in [2.05, 4.69) is 43.5 Å². The molecular weight excluding hydrogens is 631 g/mol. The number of carbonyl (C=O) groups is 1. The summed E-state index contributed by atoms with van der Waals surface area (Å²) in [5.74, 6) is 0.767. The Kier molecular flexibility index (Phi) is 7.81. The Balaban J connectivity index is 1.57. The first-order valence-corrected chi connectivity index (χ1v) is 12.3. The largest absolute Gasteiger partial charge is 0.490 e. The van der Waals surface area contributed by atoms with Crippen LogP contribution in [0.4, 0.5) is 5.69 Å². The van der Waals surface area contributed by atoms with Gasteiger partial charge in [0.15, 0.2) is 17.2 Å². The van der Waals surface area contributed by atoms with Gasteiger partial charge in [-0.2, -0.15) is 0 Å². The lowest BCUT2D eigenvalue weighted by Crippen LogP contribution is -2.05. The quantitative estimate of drug-likeness (QED) is 0.0937. The molecule has 3 aromatic carbocycles. The SMILES string of the molecule is CCOc1cc(/C=C2\N=C(c3ccc(Br)cc3)OC2=O)cc(I)c1OCc1ccc([N+](=O)[O-])cc1. The summed E-state index contributed by atoms with van der Waals surface area (Å²) < 4.78 is 18.8. The molecular formula is C25H18BrIN2O6. The Morgan fingerprint density at radius 1 is 1.11 bits per heavy atom. The fraction of sp³-hybridized carbons (Fsp3) is 0.120. The van der Waals surface area contributed by atoms with E-state index in [0.29, 0.717) is 29.2 Å². The normalized spacial score (nSPS) is 14.0. The lowest BCUT2D eigenvalue weighted by atomic mass is 10.1. The van der Waals surface area contributed by atoms with Crippen LogP contribution in [0.1, 0.15) is 23.6 Å². The van der Waals surface area contributed by atoms with Crippen LogP contribution >= 0.6 is 38.5 Å². The Morgan fingerprint density at radius 3 is 2.49 bits per heavy atom. The third kappa shape index (κ3) is 6.06. The summed E-state index contributed by atoms with van der Waals surface area (Å²) in [6, 6.07) is 17.1. The number of rotatable bonds is 8. The molecule has 0 N–H and O–H groups in total. The van der Waals surface area contributed by atoms with E-state index in [9.17, 15) is 14.9 Å². The average molecular weight is 649 g/mol.